The highest BCUT2D eigenvalue weighted by molar-refractivity contribution is 7.99. The average Bonchev–Trinajstić information content (AvgIpc) is 2.33. The summed E-state index contributed by atoms with van der Waals surface area (Å²) in [4.78, 5) is 14.0. The number of nitrogens with zero attached hydrogens (tertiary/aromatic N) is 1. The molecule has 3 nitrogen and oxygen atoms in total. The van der Waals surface area contributed by atoms with E-state index < -0.39 is 0 Å². The summed E-state index contributed by atoms with van der Waals surface area (Å²) in [7, 11) is 0. The predicted octanol–water partition coefficient (Wildman–Crippen LogP) is 2.33. The molecule has 0 spiro atoms. The number of rotatable bonds is 3. The van der Waals surface area contributed by atoms with Crippen molar-refractivity contribution >= 4 is 35.0 Å². The van der Waals surface area contributed by atoms with Crippen molar-refractivity contribution in [2.24, 2.45) is 0 Å². The van der Waals surface area contributed by atoms with Crippen LogP contribution in [0.2, 0.25) is 5.02 Å². The Balaban J connectivity index is 1.86. The molecule has 17 heavy (non-hydrogen) atoms. The highest BCUT2D eigenvalue weighted by Gasteiger charge is 2.14. The fraction of sp³-hybridized carbons (Fsp3) is 0.417. The molecule has 0 radical (unpaired) electrons. The summed E-state index contributed by atoms with van der Waals surface area (Å²) in [6.07, 6.45) is 0. The molecule has 1 amide bonds. The zero-order valence-corrected chi connectivity index (χ0v) is 11.1. The normalized spacial score (nSPS) is 16.8. The highest BCUT2D eigenvalue weighted by atomic mass is 35.5. The summed E-state index contributed by atoms with van der Waals surface area (Å²) in [5.41, 5.74) is 0.686. The van der Waals surface area contributed by atoms with Gasteiger partial charge in [0.15, 0.2) is 0 Å². The number of benzene rings is 1. The van der Waals surface area contributed by atoms with Crippen molar-refractivity contribution in [3.63, 3.8) is 0 Å². The van der Waals surface area contributed by atoms with E-state index in [0.717, 1.165) is 24.6 Å². The van der Waals surface area contributed by atoms with E-state index in [9.17, 15) is 4.79 Å². The zero-order valence-electron chi connectivity index (χ0n) is 9.49. The average molecular weight is 271 g/mol. The molecule has 0 unspecified atom stereocenters. The van der Waals surface area contributed by atoms with Crippen LogP contribution < -0.4 is 5.32 Å². The number of amides is 1. The quantitative estimate of drug-likeness (QED) is 0.915. The Hall–Kier alpha value is -0.710. The molecule has 5 heteroatoms. The van der Waals surface area contributed by atoms with Crippen molar-refractivity contribution in [2.75, 3.05) is 36.5 Å². The number of thioether (sulfide) groups is 1. The monoisotopic (exact) mass is 270 g/mol. The Kier molecular flexibility index (Phi) is 4.71. The number of anilines is 1. The van der Waals surface area contributed by atoms with Crippen LogP contribution in [0.4, 0.5) is 5.69 Å². The van der Waals surface area contributed by atoms with Crippen LogP contribution in [0.5, 0.6) is 0 Å². The molecule has 0 aliphatic carbocycles. The van der Waals surface area contributed by atoms with Crippen molar-refractivity contribution < 1.29 is 4.79 Å². The first kappa shape index (κ1) is 12.7. The van der Waals surface area contributed by atoms with Gasteiger partial charge in [0.05, 0.1) is 17.3 Å². The Morgan fingerprint density at radius 2 is 2.06 bits per heavy atom. The van der Waals surface area contributed by atoms with Crippen molar-refractivity contribution in [3.8, 4) is 0 Å². The van der Waals surface area contributed by atoms with E-state index in [4.69, 9.17) is 11.6 Å². The summed E-state index contributed by atoms with van der Waals surface area (Å²) in [5.74, 6) is 2.23. The van der Waals surface area contributed by atoms with Crippen LogP contribution in [-0.2, 0) is 4.79 Å². The smallest absolute Gasteiger partial charge is 0.238 e. The molecule has 1 N–H and O–H groups in total. The molecule has 0 atom stereocenters. The van der Waals surface area contributed by atoms with Crippen molar-refractivity contribution in [1.82, 2.24) is 4.90 Å². The van der Waals surface area contributed by atoms with Crippen LogP contribution >= 0.6 is 23.4 Å². The first-order valence-electron chi connectivity index (χ1n) is 5.60. The fourth-order valence-corrected chi connectivity index (χ4v) is 2.88. The first-order valence-corrected chi connectivity index (χ1v) is 7.13. The molecule has 1 fully saturated rings. The third-order valence-corrected chi connectivity index (χ3v) is 3.89. The van der Waals surface area contributed by atoms with E-state index in [1.165, 1.54) is 0 Å². The van der Waals surface area contributed by atoms with Crippen molar-refractivity contribution in [3.05, 3.63) is 29.3 Å². The molecule has 1 heterocycles. The minimum atomic E-state index is 0.00463. The Labute approximate surface area is 111 Å². The number of nitrogens with one attached hydrogen (secondary N) is 1. The summed E-state index contributed by atoms with van der Waals surface area (Å²) < 4.78 is 0. The lowest BCUT2D eigenvalue weighted by Gasteiger charge is -2.25. The molecular formula is C12H15ClN2OS. The second kappa shape index (κ2) is 6.28. The van der Waals surface area contributed by atoms with Crippen LogP contribution in [-0.4, -0.2) is 41.9 Å². The van der Waals surface area contributed by atoms with Crippen LogP contribution in [0, 0.1) is 0 Å². The van der Waals surface area contributed by atoms with E-state index >= 15 is 0 Å². The molecule has 1 aliphatic heterocycles. The summed E-state index contributed by atoms with van der Waals surface area (Å²) in [6, 6.07) is 7.29. The lowest BCUT2D eigenvalue weighted by molar-refractivity contribution is -0.117. The van der Waals surface area contributed by atoms with Gasteiger partial charge in [-0.05, 0) is 12.1 Å². The number of carbonyl (C=O) groups excluding carboxylic acids is 1. The lowest BCUT2D eigenvalue weighted by atomic mass is 10.3. The Bertz CT molecular complexity index is 394. The van der Waals surface area contributed by atoms with Crippen LogP contribution in [0.25, 0.3) is 0 Å². The second-order valence-electron chi connectivity index (χ2n) is 3.92. The van der Waals surface area contributed by atoms with E-state index in [-0.39, 0.29) is 5.91 Å². The second-order valence-corrected chi connectivity index (χ2v) is 5.55. The maximum atomic E-state index is 11.8. The summed E-state index contributed by atoms with van der Waals surface area (Å²) in [5, 5.41) is 3.42. The van der Waals surface area contributed by atoms with E-state index in [1.54, 1.807) is 6.07 Å². The molecule has 92 valence electrons. The van der Waals surface area contributed by atoms with Gasteiger partial charge in [0.1, 0.15) is 0 Å². The maximum absolute atomic E-state index is 11.8. The number of para-hydroxylation sites is 1. The molecule has 2 rings (SSSR count). The van der Waals surface area contributed by atoms with Gasteiger partial charge in [-0.1, -0.05) is 23.7 Å². The summed E-state index contributed by atoms with van der Waals surface area (Å²) in [6.45, 7) is 2.42. The van der Waals surface area contributed by atoms with Crippen molar-refractivity contribution in [2.45, 2.75) is 0 Å². The number of hydrogen-bond acceptors (Lipinski definition) is 3. The van der Waals surface area contributed by atoms with Gasteiger partial charge in [0.25, 0.3) is 0 Å². The number of hydrogen-bond donors (Lipinski definition) is 1. The Morgan fingerprint density at radius 1 is 1.35 bits per heavy atom. The van der Waals surface area contributed by atoms with Gasteiger partial charge in [-0.3, -0.25) is 9.69 Å². The number of carbonyl (C=O) groups is 1. The van der Waals surface area contributed by atoms with Gasteiger partial charge in [0, 0.05) is 24.6 Å². The van der Waals surface area contributed by atoms with Gasteiger partial charge in [-0.2, -0.15) is 11.8 Å². The Morgan fingerprint density at radius 3 is 2.76 bits per heavy atom. The molecule has 1 aromatic rings. The lowest BCUT2D eigenvalue weighted by Crippen LogP contribution is -2.38. The largest absolute Gasteiger partial charge is 0.324 e. The van der Waals surface area contributed by atoms with Crippen molar-refractivity contribution in [1.29, 1.82) is 0 Å². The van der Waals surface area contributed by atoms with Gasteiger partial charge < -0.3 is 5.32 Å². The van der Waals surface area contributed by atoms with Gasteiger partial charge in [-0.15, -0.1) is 0 Å². The minimum absolute atomic E-state index is 0.00463. The highest BCUT2D eigenvalue weighted by Crippen LogP contribution is 2.20. The van der Waals surface area contributed by atoms with E-state index in [0.29, 0.717) is 17.3 Å². The topological polar surface area (TPSA) is 32.3 Å². The standard InChI is InChI=1S/C12H15ClN2OS/c13-10-3-1-2-4-11(10)14-12(16)9-15-5-7-17-8-6-15/h1-4H,5-9H2,(H,14,16). The third-order valence-electron chi connectivity index (χ3n) is 2.62. The third kappa shape index (κ3) is 3.91. The zero-order chi connectivity index (χ0) is 12.1. The molecule has 1 aliphatic rings. The van der Waals surface area contributed by atoms with Crippen LogP contribution in [0.3, 0.4) is 0 Å². The molecule has 0 bridgehead atoms. The summed E-state index contributed by atoms with van der Waals surface area (Å²) >= 11 is 7.92. The molecular weight excluding hydrogens is 256 g/mol. The predicted molar refractivity (Wildman–Crippen MR) is 73.8 cm³/mol. The van der Waals surface area contributed by atoms with Gasteiger partial charge >= 0.3 is 0 Å². The van der Waals surface area contributed by atoms with E-state index in [1.807, 2.05) is 30.0 Å². The molecule has 1 saturated heterocycles. The molecule has 0 saturated carbocycles. The fourth-order valence-electron chi connectivity index (χ4n) is 1.71. The van der Waals surface area contributed by atoms with Crippen LogP contribution in [0.1, 0.15) is 0 Å². The molecule has 0 aromatic heterocycles. The van der Waals surface area contributed by atoms with E-state index in [2.05, 4.69) is 10.2 Å². The van der Waals surface area contributed by atoms with Crippen LogP contribution in [0.15, 0.2) is 24.3 Å². The van der Waals surface area contributed by atoms with Gasteiger partial charge in [0.2, 0.25) is 5.91 Å². The first-order chi connectivity index (χ1) is 8.25. The van der Waals surface area contributed by atoms with Gasteiger partial charge in [-0.25, -0.2) is 0 Å². The minimum Gasteiger partial charge on any atom is -0.324 e. The molecule has 1 aromatic carbocycles. The number of halogens is 1. The maximum Gasteiger partial charge on any atom is 0.238 e. The SMILES string of the molecule is O=C(CN1CCSCC1)Nc1ccccc1Cl.